The van der Waals surface area contributed by atoms with Gasteiger partial charge in [0.25, 0.3) is 11.8 Å². The molecule has 3 rings (SSSR count). The molecule has 5 nitrogen and oxygen atoms in total. The third-order valence-electron chi connectivity index (χ3n) is 4.10. The smallest absolute Gasteiger partial charge is 0.271 e. The maximum atomic E-state index is 12.3. The second-order valence-electron chi connectivity index (χ2n) is 6.39. The molecular formula is C24H21N3O2. The Morgan fingerprint density at radius 1 is 0.828 bits per heavy atom. The van der Waals surface area contributed by atoms with Gasteiger partial charge >= 0.3 is 0 Å². The van der Waals surface area contributed by atoms with Gasteiger partial charge in [0, 0.05) is 23.0 Å². The van der Waals surface area contributed by atoms with Crippen molar-refractivity contribution in [3.63, 3.8) is 0 Å². The molecule has 0 fully saturated rings. The number of anilines is 1. The Kier molecular flexibility index (Phi) is 6.68. The van der Waals surface area contributed by atoms with Gasteiger partial charge in [-0.05, 0) is 55.0 Å². The molecule has 144 valence electrons. The minimum Gasteiger partial charge on any atom is -0.322 e. The molecule has 29 heavy (non-hydrogen) atoms. The van der Waals surface area contributed by atoms with Crippen molar-refractivity contribution >= 4 is 29.8 Å². The molecule has 0 aliphatic heterocycles. The van der Waals surface area contributed by atoms with Gasteiger partial charge in [0.2, 0.25) is 0 Å². The second kappa shape index (κ2) is 9.80. The molecule has 5 heteroatoms. The van der Waals surface area contributed by atoms with E-state index in [-0.39, 0.29) is 11.8 Å². The van der Waals surface area contributed by atoms with Gasteiger partial charge in [-0.1, -0.05) is 54.1 Å². The number of allylic oxidation sites excluding steroid dienone is 1. The molecule has 0 atom stereocenters. The summed E-state index contributed by atoms with van der Waals surface area (Å²) in [7, 11) is 0. The molecule has 2 amide bonds. The number of carbonyl (C=O) groups is 2. The van der Waals surface area contributed by atoms with Crippen LogP contribution in [0.2, 0.25) is 0 Å². The van der Waals surface area contributed by atoms with Crippen LogP contribution in [0.1, 0.15) is 31.8 Å². The molecule has 0 spiro atoms. The minimum absolute atomic E-state index is 0.194. The maximum absolute atomic E-state index is 12.3. The molecule has 0 aliphatic rings. The second-order valence-corrected chi connectivity index (χ2v) is 6.39. The highest BCUT2D eigenvalue weighted by Gasteiger charge is 2.08. The Morgan fingerprint density at radius 3 is 2.31 bits per heavy atom. The van der Waals surface area contributed by atoms with Gasteiger partial charge in [-0.15, -0.1) is 0 Å². The SMILES string of the molecule is Cc1cccc(C(=O)Nc2ccc(C(=O)N/N=C\C=C\c3ccccc3)cc2)c1. The summed E-state index contributed by atoms with van der Waals surface area (Å²) < 4.78 is 0. The summed E-state index contributed by atoms with van der Waals surface area (Å²) in [4.78, 5) is 24.4. The molecule has 0 unspecified atom stereocenters. The van der Waals surface area contributed by atoms with Crippen LogP contribution in [0.3, 0.4) is 0 Å². The average Bonchev–Trinajstić information content (AvgIpc) is 2.74. The number of carbonyl (C=O) groups excluding carboxylic acids is 2. The van der Waals surface area contributed by atoms with Gasteiger partial charge in [-0.2, -0.15) is 5.10 Å². The number of aryl methyl sites for hydroxylation is 1. The van der Waals surface area contributed by atoms with Crippen molar-refractivity contribution in [3.8, 4) is 0 Å². The van der Waals surface area contributed by atoms with Crippen LogP contribution in [0.4, 0.5) is 5.69 Å². The summed E-state index contributed by atoms with van der Waals surface area (Å²) in [6.45, 7) is 1.93. The van der Waals surface area contributed by atoms with Crippen molar-refractivity contribution in [2.24, 2.45) is 5.10 Å². The molecule has 0 aromatic heterocycles. The van der Waals surface area contributed by atoms with E-state index >= 15 is 0 Å². The maximum Gasteiger partial charge on any atom is 0.271 e. The fraction of sp³-hybridized carbons (Fsp3) is 0.0417. The Morgan fingerprint density at radius 2 is 1.59 bits per heavy atom. The quantitative estimate of drug-likeness (QED) is 0.479. The highest BCUT2D eigenvalue weighted by atomic mass is 16.2. The molecule has 0 saturated carbocycles. The van der Waals surface area contributed by atoms with Crippen LogP contribution >= 0.6 is 0 Å². The summed E-state index contributed by atoms with van der Waals surface area (Å²) in [5.41, 5.74) is 6.18. The van der Waals surface area contributed by atoms with E-state index in [0.717, 1.165) is 11.1 Å². The van der Waals surface area contributed by atoms with Gasteiger partial charge in [-0.25, -0.2) is 5.43 Å². The van der Waals surface area contributed by atoms with E-state index in [4.69, 9.17) is 0 Å². The molecule has 2 N–H and O–H groups in total. The van der Waals surface area contributed by atoms with Crippen molar-refractivity contribution in [2.75, 3.05) is 5.32 Å². The molecule has 3 aromatic carbocycles. The predicted molar refractivity (Wildman–Crippen MR) is 117 cm³/mol. The minimum atomic E-state index is -0.328. The van der Waals surface area contributed by atoms with Crippen LogP contribution in [0, 0.1) is 6.92 Å². The van der Waals surface area contributed by atoms with Crippen molar-refractivity contribution in [3.05, 3.63) is 107 Å². The number of benzene rings is 3. The first-order chi connectivity index (χ1) is 14.1. The van der Waals surface area contributed by atoms with Gasteiger partial charge < -0.3 is 5.32 Å². The molecule has 0 saturated heterocycles. The lowest BCUT2D eigenvalue weighted by atomic mass is 10.1. The molecule has 0 radical (unpaired) electrons. The van der Waals surface area contributed by atoms with Crippen LogP contribution in [0.25, 0.3) is 6.08 Å². The van der Waals surface area contributed by atoms with E-state index in [1.54, 1.807) is 36.4 Å². The van der Waals surface area contributed by atoms with Crippen LogP contribution in [0.5, 0.6) is 0 Å². The summed E-state index contributed by atoms with van der Waals surface area (Å²) in [6, 6.07) is 23.8. The molecule has 0 bridgehead atoms. The van der Waals surface area contributed by atoms with Gasteiger partial charge in [0.15, 0.2) is 0 Å². The lowest BCUT2D eigenvalue weighted by Crippen LogP contribution is -2.17. The normalized spacial score (nSPS) is 10.9. The number of nitrogens with one attached hydrogen (secondary N) is 2. The number of hydrazone groups is 1. The first-order valence-corrected chi connectivity index (χ1v) is 9.15. The largest absolute Gasteiger partial charge is 0.322 e. The molecule has 0 heterocycles. The fourth-order valence-electron chi connectivity index (χ4n) is 2.62. The Balaban J connectivity index is 1.52. The zero-order valence-corrected chi connectivity index (χ0v) is 16.0. The van der Waals surface area contributed by atoms with E-state index in [0.29, 0.717) is 16.8 Å². The Hall–Kier alpha value is -3.99. The average molecular weight is 383 g/mol. The standard InChI is InChI=1S/C24H21N3O2/c1-18-7-5-11-21(17-18)23(28)26-22-14-12-20(13-15-22)24(29)27-25-16-6-10-19-8-3-2-4-9-19/h2-17H,1H3,(H,26,28)(H,27,29)/b10-6+,25-16-. The Bertz CT molecular complexity index is 1040. The predicted octanol–water partition coefficient (Wildman–Crippen LogP) is 4.68. The lowest BCUT2D eigenvalue weighted by molar-refractivity contribution is 0.0954. The number of hydrogen-bond acceptors (Lipinski definition) is 3. The summed E-state index contributed by atoms with van der Waals surface area (Å²) in [5, 5.41) is 6.72. The topological polar surface area (TPSA) is 70.6 Å². The summed E-state index contributed by atoms with van der Waals surface area (Å²) in [5.74, 6) is -0.522. The number of amides is 2. The van der Waals surface area contributed by atoms with Crippen LogP contribution in [-0.4, -0.2) is 18.0 Å². The lowest BCUT2D eigenvalue weighted by Gasteiger charge is -2.07. The highest BCUT2D eigenvalue weighted by Crippen LogP contribution is 2.12. The summed E-state index contributed by atoms with van der Waals surface area (Å²) in [6.07, 6.45) is 5.15. The monoisotopic (exact) mass is 383 g/mol. The van der Waals surface area contributed by atoms with Crippen LogP contribution in [-0.2, 0) is 0 Å². The fourth-order valence-corrected chi connectivity index (χ4v) is 2.62. The molecule has 3 aromatic rings. The van der Waals surface area contributed by atoms with Crippen molar-refractivity contribution in [2.45, 2.75) is 6.92 Å². The number of rotatable bonds is 6. The van der Waals surface area contributed by atoms with Crippen LogP contribution < -0.4 is 10.7 Å². The van der Waals surface area contributed by atoms with Gasteiger partial charge in [0.05, 0.1) is 0 Å². The van der Waals surface area contributed by atoms with E-state index in [1.165, 1.54) is 6.21 Å². The number of nitrogens with zero attached hydrogens (tertiary/aromatic N) is 1. The van der Waals surface area contributed by atoms with Crippen molar-refractivity contribution in [1.29, 1.82) is 0 Å². The summed E-state index contributed by atoms with van der Waals surface area (Å²) >= 11 is 0. The van der Waals surface area contributed by atoms with E-state index in [2.05, 4.69) is 15.8 Å². The van der Waals surface area contributed by atoms with E-state index < -0.39 is 0 Å². The van der Waals surface area contributed by atoms with E-state index in [1.807, 2.05) is 61.5 Å². The first kappa shape index (κ1) is 19.8. The van der Waals surface area contributed by atoms with Gasteiger partial charge in [0.1, 0.15) is 0 Å². The van der Waals surface area contributed by atoms with Crippen molar-refractivity contribution < 1.29 is 9.59 Å². The highest BCUT2D eigenvalue weighted by molar-refractivity contribution is 6.04. The van der Waals surface area contributed by atoms with Crippen LogP contribution in [0.15, 0.2) is 90.0 Å². The van der Waals surface area contributed by atoms with E-state index in [9.17, 15) is 9.59 Å². The van der Waals surface area contributed by atoms with Gasteiger partial charge in [-0.3, -0.25) is 9.59 Å². The molecular weight excluding hydrogens is 362 g/mol. The zero-order valence-electron chi connectivity index (χ0n) is 16.0. The number of hydrogen-bond donors (Lipinski definition) is 2. The molecule has 0 aliphatic carbocycles. The van der Waals surface area contributed by atoms with Crippen molar-refractivity contribution in [1.82, 2.24) is 5.43 Å². The zero-order chi connectivity index (χ0) is 20.5. The third kappa shape index (κ3) is 6.01. The Labute approximate surface area is 169 Å². The third-order valence-corrected chi connectivity index (χ3v) is 4.10. The first-order valence-electron chi connectivity index (χ1n) is 9.15.